The quantitative estimate of drug-likeness (QED) is 0.912. The maximum Gasteiger partial charge on any atom is 0.338 e. The van der Waals surface area contributed by atoms with E-state index in [1.54, 1.807) is 5.38 Å². The molecular weight excluding hydrogens is 286 g/mol. The van der Waals surface area contributed by atoms with Gasteiger partial charge in [-0.05, 0) is 47.4 Å². The average molecular weight is 301 g/mol. The van der Waals surface area contributed by atoms with Crippen LogP contribution in [-0.2, 0) is 24.1 Å². The fourth-order valence-corrected chi connectivity index (χ4v) is 3.46. The minimum Gasteiger partial charge on any atom is -0.478 e. The number of hydrogen-bond donors (Lipinski definition) is 2. The smallest absolute Gasteiger partial charge is 0.338 e. The summed E-state index contributed by atoms with van der Waals surface area (Å²) in [6, 6.07) is 7.67. The zero-order chi connectivity index (χ0) is 14.8. The topological polar surface area (TPSA) is 66.4 Å². The van der Waals surface area contributed by atoms with Gasteiger partial charge in [0.1, 0.15) is 5.00 Å². The molecule has 1 aliphatic rings. The van der Waals surface area contributed by atoms with Crippen molar-refractivity contribution >= 4 is 28.2 Å². The van der Waals surface area contributed by atoms with Crippen LogP contribution in [0.15, 0.2) is 29.6 Å². The fraction of sp³-hybridized carbons (Fsp3) is 0.250. The number of aryl methyl sites for hydroxylation is 2. The lowest BCUT2D eigenvalue weighted by atomic mass is 10.0. The summed E-state index contributed by atoms with van der Waals surface area (Å²) >= 11 is 1.22. The first-order valence-corrected chi connectivity index (χ1v) is 7.73. The number of nitrogens with one attached hydrogen (secondary N) is 1. The number of amides is 1. The SMILES string of the molecule is O=C(Cc1ccc2c(c1)CCC2)Nc1sccc1C(=O)O. The first kappa shape index (κ1) is 13.8. The van der Waals surface area contributed by atoms with E-state index in [1.165, 1.54) is 35.0 Å². The highest BCUT2D eigenvalue weighted by molar-refractivity contribution is 7.14. The average Bonchev–Trinajstić information content (AvgIpc) is 3.06. The van der Waals surface area contributed by atoms with Crippen LogP contribution in [-0.4, -0.2) is 17.0 Å². The van der Waals surface area contributed by atoms with E-state index in [9.17, 15) is 9.59 Å². The number of carboxylic acid groups (broad SMARTS) is 1. The highest BCUT2D eigenvalue weighted by Crippen LogP contribution is 2.25. The van der Waals surface area contributed by atoms with Crippen molar-refractivity contribution in [1.82, 2.24) is 0 Å². The maximum atomic E-state index is 12.1. The molecule has 21 heavy (non-hydrogen) atoms. The van der Waals surface area contributed by atoms with E-state index in [4.69, 9.17) is 5.11 Å². The van der Waals surface area contributed by atoms with Gasteiger partial charge in [-0.2, -0.15) is 0 Å². The Morgan fingerprint density at radius 3 is 2.81 bits per heavy atom. The predicted molar refractivity (Wildman–Crippen MR) is 82.1 cm³/mol. The molecule has 0 spiro atoms. The molecule has 1 aromatic heterocycles. The van der Waals surface area contributed by atoms with Gasteiger partial charge >= 0.3 is 5.97 Å². The number of thiophene rings is 1. The van der Waals surface area contributed by atoms with E-state index in [0.29, 0.717) is 5.00 Å². The summed E-state index contributed by atoms with van der Waals surface area (Å²) in [5, 5.41) is 13.8. The summed E-state index contributed by atoms with van der Waals surface area (Å²) in [6.45, 7) is 0. The van der Waals surface area contributed by atoms with Crippen LogP contribution < -0.4 is 5.32 Å². The van der Waals surface area contributed by atoms with Crippen molar-refractivity contribution in [2.45, 2.75) is 25.7 Å². The molecule has 0 unspecified atom stereocenters. The van der Waals surface area contributed by atoms with E-state index < -0.39 is 5.97 Å². The summed E-state index contributed by atoms with van der Waals surface area (Å²) in [5.74, 6) is -1.21. The number of fused-ring (bicyclic) bond motifs is 1. The summed E-state index contributed by atoms with van der Waals surface area (Å²) in [4.78, 5) is 23.1. The first-order valence-electron chi connectivity index (χ1n) is 6.85. The van der Waals surface area contributed by atoms with E-state index in [2.05, 4.69) is 17.4 Å². The molecule has 0 saturated carbocycles. The molecule has 0 bridgehead atoms. The standard InChI is InChI=1S/C16H15NO3S/c18-14(17-15-13(16(19)20)6-7-21-15)9-10-4-5-11-2-1-3-12(11)8-10/h4-8H,1-3,9H2,(H,17,18)(H,19,20). The molecular formula is C16H15NO3S. The van der Waals surface area contributed by atoms with Crippen LogP contribution >= 0.6 is 11.3 Å². The van der Waals surface area contributed by atoms with Crippen LogP contribution in [0, 0.1) is 0 Å². The van der Waals surface area contributed by atoms with Crippen molar-refractivity contribution in [2.75, 3.05) is 5.32 Å². The van der Waals surface area contributed by atoms with Gasteiger partial charge in [-0.25, -0.2) is 4.79 Å². The van der Waals surface area contributed by atoms with Gasteiger partial charge in [-0.3, -0.25) is 4.79 Å². The van der Waals surface area contributed by atoms with Crippen molar-refractivity contribution in [3.05, 3.63) is 51.9 Å². The van der Waals surface area contributed by atoms with Crippen molar-refractivity contribution in [1.29, 1.82) is 0 Å². The molecule has 0 aliphatic heterocycles. The summed E-state index contributed by atoms with van der Waals surface area (Å²) < 4.78 is 0. The van der Waals surface area contributed by atoms with Gasteiger partial charge < -0.3 is 10.4 Å². The minimum absolute atomic E-state index is 0.141. The van der Waals surface area contributed by atoms with Crippen molar-refractivity contribution in [3.8, 4) is 0 Å². The van der Waals surface area contributed by atoms with Gasteiger partial charge in [0.25, 0.3) is 0 Å². The van der Waals surface area contributed by atoms with E-state index in [1.807, 2.05) is 6.07 Å². The zero-order valence-corrected chi connectivity index (χ0v) is 12.2. The van der Waals surface area contributed by atoms with Gasteiger partial charge in [0.05, 0.1) is 12.0 Å². The van der Waals surface area contributed by atoms with Gasteiger partial charge in [-0.1, -0.05) is 18.2 Å². The fourth-order valence-electron chi connectivity index (χ4n) is 2.67. The minimum atomic E-state index is -1.02. The highest BCUT2D eigenvalue weighted by atomic mass is 32.1. The summed E-state index contributed by atoms with van der Waals surface area (Å²) in [7, 11) is 0. The molecule has 2 N–H and O–H groups in total. The van der Waals surface area contributed by atoms with Gasteiger partial charge in [0.15, 0.2) is 0 Å². The molecule has 0 saturated heterocycles. The number of carboxylic acids is 1. The molecule has 5 heteroatoms. The number of benzene rings is 1. The van der Waals surface area contributed by atoms with Gasteiger partial charge in [-0.15, -0.1) is 11.3 Å². The van der Waals surface area contributed by atoms with Crippen molar-refractivity contribution in [3.63, 3.8) is 0 Å². The monoisotopic (exact) mass is 301 g/mol. The van der Waals surface area contributed by atoms with Crippen LogP contribution in [0.5, 0.6) is 0 Å². The first-order chi connectivity index (χ1) is 10.1. The molecule has 1 amide bonds. The molecule has 1 aromatic carbocycles. The van der Waals surface area contributed by atoms with Crippen LogP contribution in [0.4, 0.5) is 5.00 Å². The second kappa shape index (κ2) is 5.69. The van der Waals surface area contributed by atoms with E-state index >= 15 is 0 Å². The van der Waals surface area contributed by atoms with E-state index in [-0.39, 0.29) is 17.9 Å². The molecule has 1 aliphatic carbocycles. The Morgan fingerprint density at radius 1 is 1.19 bits per heavy atom. The van der Waals surface area contributed by atoms with Gasteiger partial charge in [0, 0.05) is 0 Å². The normalized spacial score (nSPS) is 13.0. The Balaban J connectivity index is 1.69. The molecule has 1 heterocycles. The summed E-state index contributed by atoms with van der Waals surface area (Å²) in [6.07, 6.45) is 3.66. The number of hydrogen-bond acceptors (Lipinski definition) is 3. The van der Waals surface area contributed by atoms with Gasteiger partial charge in [0.2, 0.25) is 5.91 Å². The van der Waals surface area contributed by atoms with Crippen molar-refractivity contribution in [2.24, 2.45) is 0 Å². The number of aromatic carboxylic acids is 1. The molecule has 0 fully saturated rings. The lowest BCUT2D eigenvalue weighted by molar-refractivity contribution is -0.115. The molecule has 2 aromatic rings. The number of carbonyl (C=O) groups is 2. The molecule has 108 valence electrons. The zero-order valence-electron chi connectivity index (χ0n) is 11.4. The second-order valence-electron chi connectivity index (χ2n) is 5.15. The Hall–Kier alpha value is -2.14. The van der Waals surface area contributed by atoms with E-state index in [0.717, 1.165) is 18.4 Å². The third-order valence-electron chi connectivity index (χ3n) is 3.68. The van der Waals surface area contributed by atoms with Crippen LogP contribution in [0.25, 0.3) is 0 Å². The van der Waals surface area contributed by atoms with Crippen LogP contribution in [0.2, 0.25) is 0 Å². The Morgan fingerprint density at radius 2 is 2.00 bits per heavy atom. The number of carbonyl (C=O) groups excluding carboxylic acids is 1. The Kier molecular flexibility index (Phi) is 3.75. The lowest BCUT2D eigenvalue weighted by Crippen LogP contribution is -2.15. The second-order valence-corrected chi connectivity index (χ2v) is 6.07. The Bertz CT molecular complexity index is 705. The maximum absolute atomic E-state index is 12.1. The third kappa shape index (κ3) is 2.97. The third-order valence-corrected chi connectivity index (χ3v) is 4.51. The lowest BCUT2D eigenvalue weighted by Gasteiger charge is -2.06. The molecule has 0 atom stereocenters. The molecule has 0 radical (unpaired) electrons. The largest absolute Gasteiger partial charge is 0.478 e. The Labute approximate surface area is 126 Å². The van der Waals surface area contributed by atoms with Crippen molar-refractivity contribution < 1.29 is 14.7 Å². The predicted octanol–water partition coefficient (Wildman–Crippen LogP) is 3.12. The van der Waals surface area contributed by atoms with Crippen LogP contribution in [0.3, 0.4) is 0 Å². The molecule has 3 rings (SSSR count). The number of rotatable bonds is 4. The summed E-state index contributed by atoms with van der Waals surface area (Å²) in [5.41, 5.74) is 3.83. The highest BCUT2D eigenvalue weighted by Gasteiger charge is 2.15. The number of anilines is 1. The van der Waals surface area contributed by atoms with Crippen LogP contribution in [0.1, 0.15) is 33.5 Å². The molecule has 4 nitrogen and oxygen atoms in total.